The smallest absolute Gasteiger partial charge is 0.240 e. The van der Waals surface area contributed by atoms with E-state index in [0.717, 1.165) is 0 Å². The van der Waals surface area contributed by atoms with Crippen LogP contribution in [0.3, 0.4) is 0 Å². The first-order valence-electron chi connectivity index (χ1n) is 6.04. The molecule has 0 spiro atoms. The van der Waals surface area contributed by atoms with Crippen LogP contribution < -0.4 is 4.72 Å². The van der Waals surface area contributed by atoms with E-state index in [1.165, 1.54) is 18.2 Å². The zero-order chi connectivity index (χ0) is 14.5. The molecular formula is C13H18N2O3S. The minimum absolute atomic E-state index is 0.0607. The SMILES string of the molecule is CC(C)C(O)CCNS(=O)(=O)c1cccc(C#N)c1. The minimum atomic E-state index is -3.63. The van der Waals surface area contributed by atoms with Gasteiger partial charge in [-0.25, -0.2) is 13.1 Å². The molecule has 1 aromatic carbocycles. The molecule has 104 valence electrons. The molecule has 6 heteroatoms. The summed E-state index contributed by atoms with van der Waals surface area (Å²) in [4.78, 5) is 0.0607. The third-order valence-corrected chi connectivity index (χ3v) is 4.23. The molecule has 19 heavy (non-hydrogen) atoms. The van der Waals surface area contributed by atoms with Gasteiger partial charge in [-0.05, 0) is 30.5 Å². The Hall–Kier alpha value is -1.42. The maximum absolute atomic E-state index is 11.9. The van der Waals surface area contributed by atoms with Crippen molar-refractivity contribution in [3.05, 3.63) is 29.8 Å². The number of hydrogen-bond acceptors (Lipinski definition) is 4. The number of nitrogens with one attached hydrogen (secondary N) is 1. The molecule has 0 aliphatic carbocycles. The summed E-state index contributed by atoms with van der Waals surface area (Å²) in [5, 5.41) is 18.3. The van der Waals surface area contributed by atoms with Gasteiger partial charge in [-0.2, -0.15) is 5.26 Å². The average Bonchev–Trinajstić information content (AvgIpc) is 2.38. The van der Waals surface area contributed by atoms with Gasteiger partial charge in [0.15, 0.2) is 0 Å². The highest BCUT2D eigenvalue weighted by Gasteiger charge is 2.15. The Morgan fingerprint density at radius 3 is 2.68 bits per heavy atom. The van der Waals surface area contributed by atoms with E-state index in [0.29, 0.717) is 12.0 Å². The van der Waals surface area contributed by atoms with Crippen molar-refractivity contribution >= 4 is 10.0 Å². The predicted octanol–water partition coefficient (Wildman–Crippen LogP) is 1.24. The molecule has 0 fully saturated rings. The topological polar surface area (TPSA) is 90.2 Å². The number of rotatable bonds is 6. The molecule has 1 rings (SSSR count). The molecule has 0 heterocycles. The van der Waals surface area contributed by atoms with Crippen LogP contribution in [0.15, 0.2) is 29.2 Å². The largest absolute Gasteiger partial charge is 0.393 e. The fraction of sp³-hybridized carbons (Fsp3) is 0.462. The molecule has 1 aromatic rings. The first kappa shape index (κ1) is 15.6. The lowest BCUT2D eigenvalue weighted by Crippen LogP contribution is -2.28. The quantitative estimate of drug-likeness (QED) is 0.821. The van der Waals surface area contributed by atoms with Crippen molar-refractivity contribution in [2.75, 3.05) is 6.54 Å². The summed E-state index contributed by atoms with van der Waals surface area (Å²) in [6, 6.07) is 7.72. The number of hydrogen-bond donors (Lipinski definition) is 2. The van der Waals surface area contributed by atoms with Gasteiger partial charge in [-0.1, -0.05) is 19.9 Å². The minimum Gasteiger partial charge on any atom is -0.393 e. The number of sulfonamides is 1. The Kier molecular flexibility index (Phi) is 5.48. The average molecular weight is 282 g/mol. The second-order valence-corrected chi connectivity index (χ2v) is 6.40. The summed E-state index contributed by atoms with van der Waals surface area (Å²) in [7, 11) is -3.63. The van der Waals surface area contributed by atoms with Gasteiger partial charge >= 0.3 is 0 Å². The summed E-state index contributed by atoms with van der Waals surface area (Å²) >= 11 is 0. The molecule has 1 unspecified atom stereocenters. The van der Waals surface area contributed by atoms with Gasteiger partial charge in [0.25, 0.3) is 0 Å². The first-order chi connectivity index (χ1) is 8.86. The second kappa shape index (κ2) is 6.66. The fourth-order valence-corrected chi connectivity index (χ4v) is 2.58. The molecule has 0 aromatic heterocycles. The number of benzene rings is 1. The van der Waals surface area contributed by atoms with E-state index in [1.807, 2.05) is 19.9 Å². The maximum Gasteiger partial charge on any atom is 0.240 e. The molecule has 1 atom stereocenters. The Morgan fingerprint density at radius 1 is 1.42 bits per heavy atom. The van der Waals surface area contributed by atoms with Crippen LogP contribution in [0, 0.1) is 17.2 Å². The van der Waals surface area contributed by atoms with Gasteiger partial charge in [0, 0.05) is 6.54 Å². The number of aliphatic hydroxyl groups excluding tert-OH is 1. The highest BCUT2D eigenvalue weighted by molar-refractivity contribution is 7.89. The second-order valence-electron chi connectivity index (χ2n) is 4.64. The van der Waals surface area contributed by atoms with Crippen LogP contribution in [0.2, 0.25) is 0 Å². The van der Waals surface area contributed by atoms with Crippen LogP contribution >= 0.6 is 0 Å². The zero-order valence-electron chi connectivity index (χ0n) is 11.0. The van der Waals surface area contributed by atoms with Crippen molar-refractivity contribution < 1.29 is 13.5 Å². The van der Waals surface area contributed by atoms with Gasteiger partial charge < -0.3 is 5.11 Å². The van der Waals surface area contributed by atoms with Gasteiger partial charge in [0.1, 0.15) is 0 Å². The van der Waals surface area contributed by atoms with Crippen LogP contribution in [0.5, 0.6) is 0 Å². The van der Waals surface area contributed by atoms with Crippen molar-refractivity contribution in [1.29, 1.82) is 5.26 Å². The third kappa shape index (κ3) is 4.63. The van der Waals surface area contributed by atoms with Gasteiger partial charge in [0.05, 0.1) is 22.6 Å². The molecular weight excluding hydrogens is 264 g/mol. The zero-order valence-corrected chi connectivity index (χ0v) is 11.8. The summed E-state index contributed by atoms with van der Waals surface area (Å²) in [5.74, 6) is 0.0893. The molecule has 5 nitrogen and oxygen atoms in total. The van der Waals surface area contributed by atoms with E-state index in [9.17, 15) is 13.5 Å². The Balaban J connectivity index is 2.69. The molecule has 0 bridgehead atoms. The normalized spacial score (nSPS) is 13.2. The van der Waals surface area contributed by atoms with Crippen LogP contribution in [-0.4, -0.2) is 26.2 Å². The standard InChI is InChI=1S/C13H18N2O3S/c1-10(2)13(16)6-7-15-19(17,18)12-5-3-4-11(8-12)9-14/h3-5,8,10,13,15-16H,6-7H2,1-2H3. The van der Waals surface area contributed by atoms with Crippen LogP contribution in [-0.2, 0) is 10.0 Å². The molecule has 0 aliphatic heterocycles. The van der Waals surface area contributed by atoms with Crippen LogP contribution in [0.25, 0.3) is 0 Å². The molecule has 0 radical (unpaired) electrons. The summed E-state index contributed by atoms with van der Waals surface area (Å²) in [6.07, 6.45) is -0.178. The lowest BCUT2D eigenvalue weighted by Gasteiger charge is -2.14. The van der Waals surface area contributed by atoms with Crippen molar-refractivity contribution in [3.63, 3.8) is 0 Å². The predicted molar refractivity (Wildman–Crippen MR) is 71.8 cm³/mol. The molecule has 0 saturated heterocycles. The van der Waals surface area contributed by atoms with E-state index in [1.54, 1.807) is 6.07 Å². The number of aliphatic hydroxyl groups is 1. The van der Waals surface area contributed by atoms with Crippen LogP contribution in [0.1, 0.15) is 25.8 Å². The fourth-order valence-electron chi connectivity index (χ4n) is 1.49. The van der Waals surface area contributed by atoms with E-state index in [2.05, 4.69) is 4.72 Å². The van der Waals surface area contributed by atoms with E-state index < -0.39 is 16.1 Å². The van der Waals surface area contributed by atoms with Crippen molar-refractivity contribution in [1.82, 2.24) is 4.72 Å². The monoisotopic (exact) mass is 282 g/mol. The Morgan fingerprint density at radius 2 is 2.11 bits per heavy atom. The van der Waals surface area contributed by atoms with Gasteiger partial charge in [-0.3, -0.25) is 0 Å². The summed E-state index contributed by atoms with van der Waals surface area (Å²) in [6.45, 7) is 3.91. The lowest BCUT2D eigenvalue weighted by atomic mass is 10.1. The van der Waals surface area contributed by atoms with Crippen molar-refractivity contribution in [2.45, 2.75) is 31.3 Å². The Bertz CT molecular complexity index is 561. The van der Waals surface area contributed by atoms with Crippen molar-refractivity contribution in [2.24, 2.45) is 5.92 Å². The lowest BCUT2D eigenvalue weighted by molar-refractivity contribution is 0.118. The van der Waals surface area contributed by atoms with E-state index in [-0.39, 0.29) is 17.4 Å². The molecule has 0 amide bonds. The van der Waals surface area contributed by atoms with Crippen LogP contribution in [0.4, 0.5) is 0 Å². The summed E-state index contributed by atoms with van der Waals surface area (Å²) in [5.41, 5.74) is 0.296. The first-order valence-corrected chi connectivity index (χ1v) is 7.53. The van der Waals surface area contributed by atoms with E-state index >= 15 is 0 Å². The Labute approximate surface area is 113 Å². The third-order valence-electron chi connectivity index (χ3n) is 2.78. The molecule has 0 saturated carbocycles. The van der Waals surface area contributed by atoms with E-state index in [4.69, 9.17) is 5.26 Å². The molecule has 2 N–H and O–H groups in total. The number of nitrogens with zero attached hydrogens (tertiary/aromatic N) is 1. The highest BCUT2D eigenvalue weighted by atomic mass is 32.2. The van der Waals surface area contributed by atoms with Gasteiger partial charge in [-0.15, -0.1) is 0 Å². The number of nitriles is 1. The van der Waals surface area contributed by atoms with Gasteiger partial charge in [0.2, 0.25) is 10.0 Å². The molecule has 0 aliphatic rings. The maximum atomic E-state index is 11.9. The summed E-state index contributed by atoms with van der Waals surface area (Å²) < 4.78 is 26.3. The highest BCUT2D eigenvalue weighted by Crippen LogP contribution is 2.11. The van der Waals surface area contributed by atoms with Crippen molar-refractivity contribution in [3.8, 4) is 6.07 Å².